The molecular weight excluding hydrogens is 513 g/mol. The molecule has 3 aromatic rings. The summed E-state index contributed by atoms with van der Waals surface area (Å²) in [5, 5.41) is 2.67. The summed E-state index contributed by atoms with van der Waals surface area (Å²) >= 11 is 0. The van der Waals surface area contributed by atoms with Crippen molar-refractivity contribution in [3.8, 4) is 11.5 Å². The first kappa shape index (κ1) is 25.5. The average Bonchev–Trinajstić information content (AvgIpc) is 3.46. The highest BCUT2D eigenvalue weighted by Crippen LogP contribution is 2.34. The molecular formula is C27H26FN3O6S. The Morgan fingerprint density at radius 2 is 1.66 bits per heavy atom. The molecule has 9 nitrogen and oxygen atoms in total. The fourth-order valence-electron chi connectivity index (χ4n) is 4.45. The van der Waals surface area contributed by atoms with E-state index in [9.17, 15) is 22.4 Å². The Labute approximate surface area is 219 Å². The van der Waals surface area contributed by atoms with Crippen LogP contribution in [0.3, 0.4) is 0 Å². The van der Waals surface area contributed by atoms with Crippen LogP contribution >= 0.6 is 0 Å². The highest BCUT2D eigenvalue weighted by molar-refractivity contribution is 7.92. The minimum Gasteiger partial charge on any atom is -0.486 e. The molecule has 0 spiro atoms. The lowest BCUT2D eigenvalue weighted by atomic mass is 10.1. The Bertz CT molecular complexity index is 1470. The van der Waals surface area contributed by atoms with E-state index < -0.39 is 28.3 Å². The molecule has 11 heteroatoms. The van der Waals surface area contributed by atoms with Crippen molar-refractivity contribution in [1.29, 1.82) is 0 Å². The molecule has 5 rings (SSSR count). The van der Waals surface area contributed by atoms with Crippen LogP contribution in [-0.4, -0.2) is 58.0 Å². The first-order chi connectivity index (χ1) is 18.3. The largest absolute Gasteiger partial charge is 0.486 e. The molecule has 1 saturated heterocycles. The van der Waals surface area contributed by atoms with Gasteiger partial charge in [0, 0.05) is 19.2 Å². The molecule has 3 aromatic carbocycles. The highest BCUT2D eigenvalue weighted by Gasteiger charge is 2.30. The fraction of sp³-hybridized carbons (Fsp3) is 0.259. The van der Waals surface area contributed by atoms with Crippen molar-refractivity contribution in [2.45, 2.75) is 17.7 Å². The number of likely N-dealkylation sites (tertiary alicyclic amines) is 1. The number of hydrogen-bond acceptors (Lipinski definition) is 6. The number of benzene rings is 3. The van der Waals surface area contributed by atoms with Crippen molar-refractivity contribution in [3.05, 3.63) is 78.1 Å². The van der Waals surface area contributed by atoms with Gasteiger partial charge in [0.05, 0.1) is 21.8 Å². The van der Waals surface area contributed by atoms with Gasteiger partial charge in [-0.25, -0.2) is 12.8 Å². The number of hydrogen-bond donors (Lipinski definition) is 1. The second kappa shape index (κ2) is 10.7. The average molecular weight is 540 g/mol. The zero-order valence-electron chi connectivity index (χ0n) is 20.4. The highest BCUT2D eigenvalue weighted by atomic mass is 32.2. The molecule has 0 atom stereocenters. The molecule has 2 heterocycles. The van der Waals surface area contributed by atoms with Crippen molar-refractivity contribution in [3.63, 3.8) is 0 Å². The molecule has 198 valence electrons. The Hall–Kier alpha value is -4.12. The van der Waals surface area contributed by atoms with Crippen molar-refractivity contribution >= 4 is 33.2 Å². The van der Waals surface area contributed by atoms with Crippen LogP contribution in [0.1, 0.15) is 23.2 Å². The Balaban J connectivity index is 1.44. The lowest BCUT2D eigenvalue weighted by Gasteiger charge is -2.25. The number of rotatable bonds is 7. The second-order valence-electron chi connectivity index (χ2n) is 8.89. The maximum absolute atomic E-state index is 14.1. The quantitative estimate of drug-likeness (QED) is 0.491. The van der Waals surface area contributed by atoms with Crippen LogP contribution in [0.25, 0.3) is 0 Å². The van der Waals surface area contributed by atoms with E-state index in [1.54, 1.807) is 29.2 Å². The number of ether oxygens (including phenoxy) is 2. The molecule has 1 fully saturated rings. The molecule has 0 aliphatic carbocycles. The number of sulfonamides is 1. The van der Waals surface area contributed by atoms with E-state index in [0.717, 1.165) is 23.2 Å². The monoisotopic (exact) mass is 539 g/mol. The third-order valence-corrected chi connectivity index (χ3v) is 8.08. The maximum Gasteiger partial charge on any atom is 0.264 e. The van der Waals surface area contributed by atoms with Gasteiger partial charge in [-0.05, 0) is 55.3 Å². The van der Waals surface area contributed by atoms with Crippen LogP contribution in [0.5, 0.6) is 11.5 Å². The van der Waals surface area contributed by atoms with Crippen molar-refractivity contribution in [2.24, 2.45) is 0 Å². The van der Waals surface area contributed by atoms with Crippen LogP contribution in [-0.2, 0) is 14.8 Å². The number of para-hydroxylation sites is 1. The van der Waals surface area contributed by atoms with Gasteiger partial charge in [0.1, 0.15) is 25.6 Å². The standard InChI is InChI=1S/C27H26FN3O6S/c28-19-6-5-7-20(16-19)31(38(34,35)21-10-11-24-25(17-21)37-15-14-36-24)18-26(32)29-23-9-2-1-8-22(23)27(33)30-12-3-4-13-30/h1-2,5-11,16-17H,3-4,12-15,18H2,(H,29,32). The van der Waals surface area contributed by atoms with Gasteiger partial charge >= 0.3 is 0 Å². The summed E-state index contributed by atoms with van der Waals surface area (Å²) < 4.78 is 53.4. The van der Waals surface area contributed by atoms with E-state index in [0.29, 0.717) is 31.0 Å². The number of nitrogens with one attached hydrogen (secondary N) is 1. The number of anilines is 2. The van der Waals surface area contributed by atoms with E-state index >= 15 is 0 Å². The van der Waals surface area contributed by atoms with Crippen LogP contribution < -0.4 is 19.1 Å². The van der Waals surface area contributed by atoms with Crippen molar-refractivity contribution in [2.75, 3.05) is 42.5 Å². The van der Waals surface area contributed by atoms with Gasteiger partial charge in [-0.2, -0.15) is 0 Å². The first-order valence-corrected chi connectivity index (χ1v) is 13.6. The van der Waals surface area contributed by atoms with Crippen LogP contribution in [0.4, 0.5) is 15.8 Å². The number of nitrogens with zero attached hydrogens (tertiary/aromatic N) is 2. The third-order valence-electron chi connectivity index (χ3n) is 6.31. The van der Waals surface area contributed by atoms with E-state index in [2.05, 4.69) is 5.32 Å². The van der Waals surface area contributed by atoms with Gasteiger partial charge in [0.25, 0.3) is 15.9 Å². The third kappa shape index (κ3) is 5.28. The molecule has 0 unspecified atom stereocenters. The predicted octanol–water partition coefficient (Wildman–Crippen LogP) is 3.67. The number of carbonyl (C=O) groups excluding carboxylic acids is 2. The SMILES string of the molecule is O=C(CN(c1cccc(F)c1)S(=O)(=O)c1ccc2c(c1)OCCO2)Nc1ccccc1C(=O)N1CCCC1. The topological polar surface area (TPSA) is 105 Å². The van der Waals surface area contributed by atoms with Gasteiger partial charge < -0.3 is 19.7 Å². The summed E-state index contributed by atoms with van der Waals surface area (Å²) in [6.45, 7) is 1.23. The molecule has 1 N–H and O–H groups in total. The molecule has 0 radical (unpaired) electrons. The molecule has 2 aliphatic rings. The zero-order valence-corrected chi connectivity index (χ0v) is 21.2. The molecule has 2 aliphatic heterocycles. The predicted molar refractivity (Wildman–Crippen MR) is 139 cm³/mol. The van der Waals surface area contributed by atoms with Gasteiger partial charge in [-0.1, -0.05) is 18.2 Å². The summed E-state index contributed by atoms with van der Waals surface area (Å²) in [7, 11) is -4.34. The number of carbonyl (C=O) groups is 2. The van der Waals surface area contributed by atoms with E-state index in [1.165, 1.54) is 36.4 Å². The molecule has 0 aromatic heterocycles. The molecule has 2 amide bonds. The smallest absolute Gasteiger partial charge is 0.264 e. The summed E-state index contributed by atoms with van der Waals surface area (Å²) in [6, 6.07) is 15.7. The number of amides is 2. The summed E-state index contributed by atoms with van der Waals surface area (Å²) in [5.41, 5.74) is 0.552. The molecule has 0 saturated carbocycles. The Morgan fingerprint density at radius 3 is 2.42 bits per heavy atom. The van der Waals surface area contributed by atoms with E-state index in [-0.39, 0.29) is 34.5 Å². The molecule has 38 heavy (non-hydrogen) atoms. The Kier molecular flexibility index (Phi) is 7.19. The van der Waals surface area contributed by atoms with Crippen LogP contribution in [0, 0.1) is 5.82 Å². The second-order valence-corrected chi connectivity index (χ2v) is 10.8. The lowest BCUT2D eigenvalue weighted by Crippen LogP contribution is -2.38. The van der Waals surface area contributed by atoms with Gasteiger partial charge in [0.2, 0.25) is 5.91 Å². The van der Waals surface area contributed by atoms with Gasteiger partial charge in [-0.15, -0.1) is 0 Å². The summed E-state index contributed by atoms with van der Waals surface area (Å²) in [6.07, 6.45) is 1.83. The van der Waals surface area contributed by atoms with Crippen molar-refractivity contribution < 1.29 is 31.9 Å². The number of fused-ring (bicyclic) bond motifs is 1. The van der Waals surface area contributed by atoms with Gasteiger partial charge in [-0.3, -0.25) is 13.9 Å². The minimum absolute atomic E-state index is 0.0310. The van der Waals surface area contributed by atoms with Crippen LogP contribution in [0.2, 0.25) is 0 Å². The van der Waals surface area contributed by atoms with Crippen molar-refractivity contribution in [1.82, 2.24) is 4.90 Å². The maximum atomic E-state index is 14.1. The van der Waals surface area contributed by atoms with Crippen LogP contribution in [0.15, 0.2) is 71.6 Å². The van der Waals surface area contributed by atoms with Gasteiger partial charge in [0.15, 0.2) is 11.5 Å². The fourth-order valence-corrected chi connectivity index (χ4v) is 5.88. The summed E-state index contributed by atoms with van der Waals surface area (Å²) in [4.78, 5) is 27.8. The summed E-state index contributed by atoms with van der Waals surface area (Å²) in [5.74, 6) is -0.895. The lowest BCUT2D eigenvalue weighted by molar-refractivity contribution is -0.114. The zero-order chi connectivity index (χ0) is 26.7. The minimum atomic E-state index is -4.34. The number of halogens is 1. The van der Waals surface area contributed by atoms with E-state index in [4.69, 9.17) is 9.47 Å². The normalized spacial score (nSPS) is 14.7. The Morgan fingerprint density at radius 1 is 0.921 bits per heavy atom. The van der Waals surface area contributed by atoms with E-state index in [1.807, 2.05) is 0 Å². The first-order valence-electron chi connectivity index (χ1n) is 12.2. The molecule has 0 bridgehead atoms.